The Balaban J connectivity index is 1.83. The zero-order chi connectivity index (χ0) is 18.2. The number of hydrogen-bond donors (Lipinski definition) is 1. The molecule has 0 aliphatic carbocycles. The SMILES string of the molecule is COc1ccc(NC(=O)C(C)OC(=O)CCc2ccccc2)cc1Cl. The molecule has 0 fully saturated rings. The topological polar surface area (TPSA) is 64.6 Å². The van der Waals surface area contributed by atoms with E-state index in [9.17, 15) is 9.59 Å². The summed E-state index contributed by atoms with van der Waals surface area (Å²) in [5, 5.41) is 3.04. The van der Waals surface area contributed by atoms with Crippen molar-refractivity contribution in [1.82, 2.24) is 0 Å². The molecule has 2 aromatic rings. The van der Waals surface area contributed by atoms with Gasteiger partial charge in [0.2, 0.25) is 0 Å². The highest BCUT2D eigenvalue weighted by Crippen LogP contribution is 2.27. The maximum Gasteiger partial charge on any atom is 0.306 e. The second-order valence-corrected chi connectivity index (χ2v) is 5.86. The summed E-state index contributed by atoms with van der Waals surface area (Å²) in [4.78, 5) is 24.0. The van der Waals surface area contributed by atoms with E-state index in [1.54, 1.807) is 18.2 Å². The van der Waals surface area contributed by atoms with Crippen LogP contribution in [0.25, 0.3) is 0 Å². The molecule has 0 radical (unpaired) electrons. The van der Waals surface area contributed by atoms with E-state index in [1.165, 1.54) is 14.0 Å². The molecule has 25 heavy (non-hydrogen) atoms. The third-order valence-electron chi connectivity index (χ3n) is 3.56. The van der Waals surface area contributed by atoms with Gasteiger partial charge >= 0.3 is 5.97 Å². The molecule has 0 spiro atoms. The van der Waals surface area contributed by atoms with Crippen LogP contribution in [0.2, 0.25) is 5.02 Å². The molecule has 1 unspecified atom stereocenters. The first-order valence-corrected chi connectivity index (χ1v) is 8.25. The number of anilines is 1. The summed E-state index contributed by atoms with van der Waals surface area (Å²) in [5.74, 6) is -0.325. The van der Waals surface area contributed by atoms with E-state index in [4.69, 9.17) is 21.1 Å². The van der Waals surface area contributed by atoms with Gasteiger partial charge in [0, 0.05) is 12.1 Å². The summed E-state index contributed by atoms with van der Waals surface area (Å²) >= 11 is 6.01. The van der Waals surface area contributed by atoms with Crippen LogP contribution in [0.1, 0.15) is 18.9 Å². The average molecular weight is 362 g/mol. The van der Waals surface area contributed by atoms with Gasteiger partial charge in [-0.1, -0.05) is 41.9 Å². The van der Waals surface area contributed by atoms with E-state index in [0.717, 1.165) is 5.56 Å². The molecular formula is C19H20ClNO4. The Hall–Kier alpha value is -2.53. The largest absolute Gasteiger partial charge is 0.495 e. The van der Waals surface area contributed by atoms with Gasteiger partial charge in [-0.05, 0) is 37.1 Å². The lowest BCUT2D eigenvalue weighted by Gasteiger charge is -2.14. The number of aryl methyl sites for hydroxylation is 1. The number of benzene rings is 2. The number of amides is 1. The number of nitrogens with one attached hydrogen (secondary N) is 1. The number of halogens is 1. The smallest absolute Gasteiger partial charge is 0.306 e. The summed E-state index contributed by atoms with van der Waals surface area (Å²) in [6.45, 7) is 1.53. The highest BCUT2D eigenvalue weighted by atomic mass is 35.5. The molecule has 6 heteroatoms. The molecule has 0 aliphatic heterocycles. The summed E-state index contributed by atoms with van der Waals surface area (Å²) in [7, 11) is 1.51. The minimum Gasteiger partial charge on any atom is -0.495 e. The Bertz CT molecular complexity index is 733. The van der Waals surface area contributed by atoms with E-state index < -0.39 is 18.0 Å². The van der Waals surface area contributed by atoms with Crippen molar-refractivity contribution < 1.29 is 19.1 Å². The normalized spacial score (nSPS) is 11.5. The Morgan fingerprint density at radius 1 is 1.16 bits per heavy atom. The van der Waals surface area contributed by atoms with Crippen molar-refractivity contribution in [2.45, 2.75) is 25.9 Å². The van der Waals surface area contributed by atoms with Crippen LogP contribution in [-0.4, -0.2) is 25.1 Å². The van der Waals surface area contributed by atoms with Gasteiger partial charge < -0.3 is 14.8 Å². The Morgan fingerprint density at radius 2 is 1.88 bits per heavy atom. The fourth-order valence-corrected chi connectivity index (χ4v) is 2.45. The van der Waals surface area contributed by atoms with Crippen molar-refractivity contribution in [3.8, 4) is 5.75 Å². The quantitative estimate of drug-likeness (QED) is 0.761. The Labute approximate surface area is 151 Å². The van der Waals surface area contributed by atoms with Crippen molar-refractivity contribution in [3.05, 3.63) is 59.1 Å². The lowest BCUT2D eigenvalue weighted by Crippen LogP contribution is -2.30. The first-order chi connectivity index (χ1) is 12.0. The van der Waals surface area contributed by atoms with E-state index in [-0.39, 0.29) is 6.42 Å². The number of carbonyl (C=O) groups is 2. The number of rotatable bonds is 7. The van der Waals surface area contributed by atoms with E-state index in [0.29, 0.717) is 22.9 Å². The van der Waals surface area contributed by atoms with Crippen LogP contribution in [0.5, 0.6) is 5.75 Å². The van der Waals surface area contributed by atoms with Crippen LogP contribution in [0.15, 0.2) is 48.5 Å². The molecule has 132 valence electrons. The van der Waals surface area contributed by atoms with Gasteiger partial charge in [0.05, 0.1) is 12.1 Å². The zero-order valence-corrected chi connectivity index (χ0v) is 14.9. The highest BCUT2D eigenvalue weighted by Gasteiger charge is 2.18. The lowest BCUT2D eigenvalue weighted by molar-refractivity contribution is -0.153. The molecule has 0 aromatic heterocycles. The molecule has 0 heterocycles. The maximum absolute atomic E-state index is 12.1. The minimum atomic E-state index is -0.899. The monoisotopic (exact) mass is 361 g/mol. The third-order valence-corrected chi connectivity index (χ3v) is 3.85. The molecule has 0 saturated heterocycles. The number of methoxy groups -OCH3 is 1. The molecule has 2 aromatic carbocycles. The minimum absolute atomic E-state index is 0.218. The van der Waals surface area contributed by atoms with Gasteiger partial charge in [-0.25, -0.2) is 0 Å². The molecular weight excluding hydrogens is 342 g/mol. The molecule has 0 aliphatic rings. The molecule has 1 N–H and O–H groups in total. The summed E-state index contributed by atoms with van der Waals surface area (Å²) < 4.78 is 10.2. The predicted molar refractivity (Wildman–Crippen MR) is 97.0 cm³/mol. The zero-order valence-electron chi connectivity index (χ0n) is 14.1. The van der Waals surface area contributed by atoms with Gasteiger partial charge in [0.1, 0.15) is 5.75 Å². The Morgan fingerprint density at radius 3 is 2.52 bits per heavy atom. The van der Waals surface area contributed by atoms with Gasteiger partial charge in [-0.2, -0.15) is 0 Å². The van der Waals surface area contributed by atoms with Crippen LogP contribution < -0.4 is 10.1 Å². The highest BCUT2D eigenvalue weighted by molar-refractivity contribution is 6.32. The number of carbonyl (C=O) groups excluding carboxylic acids is 2. The second kappa shape index (κ2) is 9.08. The van der Waals surface area contributed by atoms with E-state index >= 15 is 0 Å². The van der Waals surface area contributed by atoms with Crippen molar-refractivity contribution in [1.29, 1.82) is 0 Å². The summed E-state index contributed by atoms with van der Waals surface area (Å²) in [5.41, 5.74) is 1.55. The Kier molecular flexibility index (Phi) is 6.83. The van der Waals surface area contributed by atoms with Crippen molar-refractivity contribution in [3.63, 3.8) is 0 Å². The summed E-state index contributed by atoms with van der Waals surface area (Å²) in [6, 6.07) is 14.5. The standard InChI is InChI=1S/C19H20ClNO4/c1-13(25-18(22)11-8-14-6-4-3-5-7-14)19(23)21-15-9-10-17(24-2)16(20)12-15/h3-7,9-10,12-13H,8,11H2,1-2H3,(H,21,23). The van der Waals surface area contributed by atoms with Gasteiger partial charge in [0.15, 0.2) is 6.10 Å². The molecule has 1 atom stereocenters. The van der Waals surface area contributed by atoms with Crippen LogP contribution in [0.3, 0.4) is 0 Å². The average Bonchev–Trinajstić information content (AvgIpc) is 2.61. The number of esters is 1. The van der Waals surface area contributed by atoms with E-state index in [1.807, 2.05) is 30.3 Å². The van der Waals surface area contributed by atoms with E-state index in [2.05, 4.69) is 5.32 Å². The molecule has 5 nitrogen and oxygen atoms in total. The van der Waals surface area contributed by atoms with Crippen molar-refractivity contribution in [2.24, 2.45) is 0 Å². The molecule has 1 amide bonds. The number of hydrogen-bond acceptors (Lipinski definition) is 4. The predicted octanol–water partition coefficient (Wildman–Crippen LogP) is 3.85. The molecule has 2 rings (SSSR count). The molecule has 0 bridgehead atoms. The van der Waals surface area contributed by atoms with Gasteiger partial charge in [-0.3, -0.25) is 9.59 Å². The number of ether oxygens (including phenoxy) is 2. The van der Waals surface area contributed by atoms with Gasteiger partial charge in [-0.15, -0.1) is 0 Å². The third kappa shape index (κ3) is 5.80. The van der Waals surface area contributed by atoms with Crippen LogP contribution in [0.4, 0.5) is 5.69 Å². The lowest BCUT2D eigenvalue weighted by atomic mass is 10.1. The summed E-state index contributed by atoms with van der Waals surface area (Å²) in [6.07, 6.45) is -0.109. The fraction of sp³-hybridized carbons (Fsp3) is 0.263. The molecule has 0 saturated carbocycles. The van der Waals surface area contributed by atoms with Crippen LogP contribution in [-0.2, 0) is 20.7 Å². The maximum atomic E-state index is 12.1. The van der Waals surface area contributed by atoms with Crippen molar-refractivity contribution in [2.75, 3.05) is 12.4 Å². The first kappa shape index (κ1) is 18.8. The first-order valence-electron chi connectivity index (χ1n) is 7.87. The van der Waals surface area contributed by atoms with Crippen LogP contribution >= 0.6 is 11.6 Å². The van der Waals surface area contributed by atoms with Crippen LogP contribution in [0, 0.1) is 0 Å². The van der Waals surface area contributed by atoms with Crippen molar-refractivity contribution >= 4 is 29.2 Å². The second-order valence-electron chi connectivity index (χ2n) is 5.46. The van der Waals surface area contributed by atoms with Gasteiger partial charge in [0.25, 0.3) is 5.91 Å². The fourth-order valence-electron chi connectivity index (χ4n) is 2.19.